The number of fused-ring (bicyclic) bond motifs is 2. The van der Waals surface area contributed by atoms with Crippen LogP contribution in [0.15, 0.2) is 41.0 Å². The van der Waals surface area contributed by atoms with Gasteiger partial charge in [0.25, 0.3) is 5.91 Å². The van der Waals surface area contributed by atoms with Crippen LogP contribution in [0.2, 0.25) is 0 Å². The fourth-order valence-electron chi connectivity index (χ4n) is 4.42. The van der Waals surface area contributed by atoms with Gasteiger partial charge >= 0.3 is 0 Å². The van der Waals surface area contributed by atoms with Gasteiger partial charge in [-0.15, -0.1) is 0 Å². The summed E-state index contributed by atoms with van der Waals surface area (Å²) >= 11 is 0. The van der Waals surface area contributed by atoms with Crippen molar-refractivity contribution in [2.45, 2.75) is 31.1 Å². The van der Waals surface area contributed by atoms with Gasteiger partial charge in [0.2, 0.25) is 0 Å². The lowest BCUT2D eigenvalue weighted by molar-refractivity contribution is 0.0553. The van der Waals surface area contributed by atoms with E-state index in [1.54, 1.807) is 12.1 Å². The van der Waals surface area contributed by atoms with Crippen molar-refractivity contribution in [3.05, 3.63) is 47.9 Å². The van der Waals surface area contributed by atoms with Crippen LogP contribution in [0.1, 0.15) is 41.8 Å². The number of nitrogens with zero attached hydrogens (tertiary/aromatic N) is 1. The molecule has 1 saturated carbocycles. The van der Waals surface area contributed by atoms with E-state index in [1.807, 2.05) is 6.07 Å². The molecule has 3 aliphatic rings. The minimum atomic E-state index is -0.205. The predicted molar refractivity (Wildman–Crippen MR) is 99.8 cm³/mol. The minimum Gasteiger partial charge on any atom is -0.459 e. The Labute approximate surface area is 153 Å². The molecule has 2 aromatic rings. The first-order valence-electron chi connectivity index (χ1n) is 9.56. The van der Waals surface area contributed by atoms with Crippen molar-refractivity contribution in [1.82, 2.24) is 0 Å². The van der Waals surface area contributed by atoms with Crippen molar-refractivity contribution in [1.29, 1.82) is 0 Å². The van der Waals surface area contributed by atoms with Crippen LogP contribution in [-0.2, 0) is 10.2 Å². The molecule has 3 heterocycles. The van der Waals surface area contributed by atoms with Crippen molar-refractivity contribution >= 4 is 17.3 Å². The normalized spacial score (nSPS) is 21.0. The number of ether oxygens (including phenoxy) is 1. The van der Waals surface area contributed by atoms with Crippen LogP contribution in [0.5, 0.6) is 0 Å². The SMILES string of the molecule is O=C(Nc1ccc2c(c1)C1(CCOCC1)CN2CC1CC1)c1ccco1. The van der Waals surface area contributed by atoms with E-state index in [0.717, 1.165) is 50.8 Å². The summed E-state index contributed by atoms with van der Waals surface area (Å²) < 4.78 is 10.8. The molecule has 1 saturated heterocycles. The van der Waals surface area contributed by atoms with Gasteiger partial charge in [-0.3, -0.25) is 4.79 Å². The van der Waals surface area contributed by atoms with E-state index in [2.05, 4.69) is 22.3 Å². The number of carbonyl (C=O) groups is 1. The second kappa shape index (κ2) is 6.16. The monoisotopic (exact) mass is 352 g/mol. The average Bonchev–Trinajstić information content (AvgIpc) is 3.21. The van der Waals surface area contributed by atoms with E-state index in [-0.39, 0.29) is 11.3 Å². The van der Waals surface area contributed by atoms with Gasteiger partial charge in [-0.05, 0) is 67.5 Å². The number of amides is 1. The summed E-state index contributed by atoms with van der Waals surface area (Å²) in [6.45, 7) is 3.88. The Balaban J connectivity index is 1.45. The van der Waals surface area contributed by atoms with Crippen molar-refractivity contribution < 1.29 is 13.9 Å². The second-order valence-electron chi connectivity index (χ2n) is 7.88. The molecule has 1 amide bonds. The molecule has 5 nitrogen and oxygen atoms in total. The predicted octanol–water partition coefficient (Wildman–Crippen LogP) is 3.81. The number of carbonyl (C=O) groups excluding carboxylic acids is 1. The topological polar surface area (TPSA) is 54.7 Å². The van der Waals surface area contributed by atoms with Gasteiger partial charge in [-0.1, -0.05) is 0 Å². The Bertz CT molecular complexity index is 805. The van der Waals surface area contributed by atoms with Gasteiger partial charge in [0.05, 0.1) is 6.26 Å². The summed E-state index contributed by atoms with van der Waals surface area (Å²) in [5.41, 5.74) is 3.71. The Morgan fingerprint density at radius 3 is 2.81 bits per heavy atom. The molecule has 2 fully saturated rings. The molecule has 1 N–H and O–H groups in total. The quantitative estimate of drug-likeness (QED) is 0.909. The molecule has 2 aliphatic heterocycles. The third-order valence-corrected chi connectivity index (χ3v) is 6.03. The van der Waals surface area contributed by atoms with Gasteiger partial charge < -0.3 is 19.4 Å². The summed E-state index contributed by atoms with van der Waals surface area (Å²) in [5.74, 6) is 0.988. The highest BCUT2D eigenvalue weighted by Gasteiger charge is 2.44. The second-order valence-corrected chi connectivity index (χ2v) is 7.88. The van der Waals surface area contributed by atoms with Crippen LogP contribution in [0, 0.1) is 5.92 Å². The lowest BCUT2D eigenvalue weighted by atomic mass is 9.76. The molecule has 0 unspecified atom stereocenters. The van der Waals surface area contributed by atoms with Gasteiger partial charge in [-0.2, -0.15) is 0 Å². The molecule has 0 radical (unpaired) electrons. The van der Waals surface area contributed by atoms with E-state index < -0.39 is 0 Å². The number of anilines is 2. The van der Waals surface area contributed by atoms with Crippen molar-refractivity contribution in [3.8, 4) is 0 Å². The molecule has 0 bridgehead atoms. The first-order valence-corrected chi connectivity index (χ1v) is 9.56. The Morgan fingerprint density at radius 2 is 2.08 bits per heavy atom. The summed E-state index contributed by atoms with van der Waals surface area (Å²) in [5, 5.41) is 2.98. The number of nitrogens with one attached hydrogen (secondary N) is 1. The van der Waals surface area contributed by atoms with E-state index in [4.69, 9.17) is 9.15 Å². The lowest BCUT2D eigenvalue weighted by Crippen LogP contribution is -2.39. The maximum absolute atomic E-state index is 12.3. The molecular weight excluding hydrogens is 328 g/mol. The summed E-state index contributed by atoms with van der Waals surface area (Å²) in [6, 6.07) is 9.77. The van der Waals surface area contributed by atoms with Crippen LogP contribution in [0.3, 0.4) is 0 Å². The highest BCUT2D eigenvalue weighted by molar-refractivity contribution is 6.02. The maximum atomic E-state index is 12.3. The first-order chi connectivity index (χ1) is 12.7. The number of furan rings is 1. The van der Waals surface area contributed by atoms with Crippen molar-refractivity contribution in [2.75, 3.05) is 36.5 Å². The van der Waals surface area contributed by atoms with E-state index in [0.29, 0.717) is 5.76 Å². The molecule has 1 aromatic heterocycles. The third kappa shape index (κ3) is 2.80. The minimum absolute atomic E-state index is 0.161. The Hall–Kier alpha value is -2.27. The number of hydrogen-bond donors (Lipinski definition) is 1. The largest absolute Gasteiger partial charge is 0.459 e. The van der Waals surface area contributed by atoms with Crippen LogP contribution >= 0.6 is 0 Å². The third-order valence-electron chi connectivity index (χ3n) is 6.03. The standard InChI is InChI=1S/C21H24N2O3/c24-20(19-2-1-9-26-19)22-16-5-6-18-17(12-16)21(7-10-25-11-8-21)14-23(18)13-15-3-4-15/h1-2,5-6,9,12,15H,3-4,7-8,10-11,13-14H2,(H,22,24). The summed E-state index contributed by atoms with van der Waals surface area (Å²) in [6.07, 6.45) is 6.34. The molecule has 1 spiro atoms. The Morgan fingerprint density at radius 1 is 1.23 bits per heavy atom. The van der Waals surface area contributed by atoms with Gasteiger partial charge in [0.15, 0.2) is 5.76 Å². The molecule has 1 aliphatic carbocycles. The number of rotatable bonds is 4. The summed E-state index contributed by atoms with van der Waals surface area (Å²) in [7, 11) is 0. The number of hydrogen-bond acceptors (Lipinski definition) is 4. The van der Waals surface area contributed by atoms with Crippen LogP contribution in [0.4, 0.5) is 11.4 Å². The van der Waals surface area contributed by atoms with Crippen LogP contribution in [-0.4, -0.2) is 32.2 Å². The zero-order valence-corrected chi connectivity index (χ0v) is 14.9. The van der Waals surface area contributed by atoms with Crippen LogP contribution in [0.25, 0.3) is 0 Å². The van der Waals surface area contributed by atoms with Crippen molar-refractivity contribution in [3.63, 3.8) is 0 Å². The molecule has 1 aromatic carbocycles. The zero-order valence-electron chi connectivity index (χ0n) is 14.9. The molecule has 5 rings (SSSR count). The van der Waals surface area contributed by atoms with E-state index in [9.17, 15) is 4.79 Å². The molecule has 5 heteroatoms. The number of benzene rings is 1. The van der Waals surface area contributed by atoms with E-state index >= 15 is 0 Å². The lowest BCUT2D eigenvalue weighted by Gasteiger charge is -2.34. The average molecular weight is 352 g/mol. The molecule has 26 heavy (non-hydrogen) atoms. The maximum Gasteiger partial charge on any atom is 0.291 e. The summed E-state index contributed by atoms with van der Waals surface area (Å²) in [4.78, 5) is 14.9. The molecule has 0 atom stereocenters. The zero-order chi connectivity index (χ0) is 17.6. The van der Waals surface area contributed by atoms with Crippen molar-refractivity contribution in [2.24, 2.45) is 5.92 Å². The fourth-order valence-corrected chi connectivity index (χ4v) is 4.42. The van der Waals surface area contributed by atoms with Crippen LogP contribution < -0.4 is 10.2 Å². The highest BCUT2D eigenvalue weighted by atomic mass is 16.5. The van der Waals surface area contributed by atoms with Gasteiger partial charge in [-0.25, -0.2) is 0 Å². The highest BCUT2D eigenvalue weighted by Crippen LogP contribution is 2.48. The first kappa shape index (κ1) is 15.9. The fraction of sp³-hybridized carbons (Fsp3) is 0.476. The van der Waals surface area contributed by atoms with E-state index in [1.165, 1.54) is 30.4 Å². The molecular formula is C21H24N2O3. The van der Waals surface area contributed by atoms with Gasteiger partial charge in [0.1, 0.15) is 0 Å². The smallest absolute Gasteiger partial charge is 0.291 e. The molecule has 136 valence electrons. The van der Waals surface area contributed by atoms with Gasteiger partial charge in [0, 0.05) is 43.1 Å². The Kier molecular flexibility index (Phi) is 3.78.